The summed E-state index contributed by atoms with van der Waals surface area (Å²) in [7, 11) is 0. The van der Waals surface area contributed by atoms with Gasteiger partial charge in [-0.15, -0.1) is 0 Å². The van der Waals surface area contributed by atoms with Crippen molar-refractivity contribution in [2.75, 3.05) is 10.6 Å². The second-order valence-corrected chi connectivity index (χ2v) is 6.79. The first-order valence-electron chi connectivity index (χ1n) is 8.17. The van der Waals surface area contributed by atoms with E-state index in [9.17, 15) is 9.59 Å². The summed E-state index contributed by atoms with van der Waals surface area (Å²) in [6.07, 6.45) is 0. The number of carbonyl (C=O) groups excluding carboxylic acids is 2. The van der Waals surface area contributed by atoms with Crippen LogP contribution in [0.1, 0.15) is 21.5 Å². The zero-order valence-electron chi connectivity index (χ0n) is 14.4. The van der Waals surface area contributed by atoms with E-state index in [1.165, 1.54) is 6.07 Å². The molecule has 4 nitrogen and oxygen atoms in total. The van der Waals surface area contributed by atoms with E-state index in [-0.39, 0.29) is 11.3 Å². The molecule has 2 N–H and O–H groups in total. The van der Waals surface area contributed by atoms with Crippen LogP contribution in [0.2, 0.25) is 10.0 Å². The number of urea groups is 1. The maximum Gasteiger partial charge on any atom is 0.323 e. The predicted octanol–water partition coefficient (Wildman–Crippen LogP) is 6.18. The average molecular weight is 399 g/mol. The molecule has 0 bridgehead atoms. The Labute approximate surface area is 167 Å². The molecule has 0 atom stereocenters. The smallest absolute Gasteiger partial charge is 0.308 e. The second kappa shape index (κ2) is 8.25. The van der Waals surface area contributed by atoms with E-state index in [1.807, 2.05) is 25.1 Å². The summed E-state index contributed by atoms with van der Waals surface area (Å²) in [5.74, 6) is -0.325. The minimum Gasteiger partial charge on any atom is -0.308 e. The predicted molar refractivity (Wildman–Crippen MR) is 110 cm³/mol. The van der Waals surface area contributed by atoms with E-state index in [1.54, 1.807) is 42.5 Å². The summed E-state index contributed by atoms with van der Waals surface area (Å²) < 4.78 is 0. The molecule has 27 heavy (non-hydrogen) atoms. The molecule has 0 fully saturated rings. The van der Waals surface area contributed by atoms with Gasteiger partial charge in [0, 0.05) is 21.8 Å². The Hall–Kier alpha value is -2.82. The number of rotatable bonds is 4. The largest absolute Gasteiger partial charge is 0.323 e. The number of amides is 2. The summed E-state index contributed by atoms with van der Waals surface area (Å²) >= 11 is 12.2. The minimum atomic E-state index is -0.462. The van der Waals surface area contributed by atoms with Crippen LogP contribution < -0.4 is 10.6 Å². The van der Waals surface area contributed by atoms with E-state index < -0.39 is 6.03 Å². The van der Waals surface area contributed by atoms with E-state index in [4.69, 9.17) is 23.2 Å². The van der Waals surface area contributed by atoms with Gasteiger partial charge in [0.05, 0.1) is 10.7 Å². The molecule has 3 aromatic rings. The summed E-state index contributed by atoms with van der Waals surface area (Å²) in [5, 5.41) is 6.16. The van der Waals surface area contributed by atoms with Crippen molar-refractivity contribution in [3.8, 4) is 0 Å². The van der Waals surface area contributed by atoms with Crippen LogP contribution >= 0.6 is 23.2 Å². The zero-order chi connectivity index (χ0) is 19.4. The number of carbonyl (C=O) groups is 2. The molecule has 0 aliphatic rings. The molecule has 6 heteroatoms. The Bertz CT molecular complexity index is 1020. The Morgan fingerprint density at radius 3 is 2.33 bits per heavy atom. The van der Waals surface area contributed by atoms with Crippen LogP contribution in [0.3, 0.4) is 0 Å². The van der Waals surface area contributed by atoms with Crippen molar-refractivity contribution in [3.63, 3.8) is 0 Å². The fourth-order valence-electron chi connectivity index (χ4n) is 2.61. The van der Waals surface area contributed by atoms with Gasteiger partial charge in [-0.3, -0.25) is 4.79 Å². The Morgan fingerprint density at radius 2 is 1.59 bits per heavy atom. The Kier molecular flexibility index (Phi) is 5.79. The summed E-state index contributed by atoms with van der Waals surface area (Å²) in [6, 6.07) is 18.4. The zero-order valence-corrected chi connectivity index (χ0v) is 15.9. The third kappa shape index (κ3) is 4.67. The monoisotopic (exact) mass is 398 g/mol. The quantitative estimate of drug-likeness (QED) is 0.515. The number of hydrogen-bond acceptors (Lipinski definition) is 2. The van der Waals surface area contributed by atoms with Gasteiger partial charge >= 0.3 is 6.03 Å². The van der Waals surface area contributed by atoms with Crippen LogP contribution in [0, 0.1) is 6.92 Å². The number of aryl methyl sites for hydroxylation is 1. The van der Waals surface area contributed by atoms with Crippen molar-refractivity contribution < 1.29 is 9.59 Å². The Morgan fingerprint density at radius 1 is 0.815 bits per heavy atom. The van der Waals surface area contributed by atoms with Crippen molar-refractivity contribution in [1.82, 2.24) is 0 Å². The first-order valence-corrected chi connectivity index (χ1v) is 8.93. The maximum atomic E-state index is 12.9. The van der Waals surface area contributed by atoms with Crippen molar-refractivity contribution >= 4 is 46.4 Å². The highest BCUT2D eigenvalue weighted by atomic mass is 35.5. The third-order valence-electron chi connectivity index (χ3n) is 3.87. The number of ketones is 1. The number of anilines is 2. The Balaban J connectivity index is 1.87. The number of nitrogens with one attached hydrogen (secondary N) is 2. The van der Waals surface area contributed by atoms with Gasteiger partial charge in [0.1, 0.15) is 0 Å². The molecule has 136 valence electrons. The molecule has 0 radical (unpaired) electrons. The molecular formula is C21H16Cl2N2O2. The lowest BCUT2D eigenvalue weighted by Crippen LogP contribution is -2.21. The van der Waals surface area contributed by atoms with Crippen molar-refractivity contribution in [1.29, 1.82) is 0 Å². The SMILES string of the molecule is Cc1cccc(NC(=O)Nc2ccc(Cl)cc2C(=O)c2ccccc2Cl)c1. The molecule has 0 saturated heterocycles. The summed E-state index contributed by atoms with van der Waals surface area (Å²) in [4.78, 5) is 25.3. The highest BCUT2D eigenvalue weighted by Crippen LogP contribution is 2.26. The van der Waals surface area contributed by atoms with Gasteiger partial charge in [-0.05, 0) is 55.0 Å². The van der Waals surface area contributed by atoms with E-state index in [0.29, 0.717) is 27.0 Å². The molecule has 0 saturated carbocycles. The van der Waals surface area contributed by atoms with Gasteiger partial charge in [0.15, 0.2) is 5.78 Å². The highest BCUT2D eigenvalue weighted by Gasteiger charge is 2.18. The first kappa shape index (κ1) is 19.0. The van der Waals surface area contributed by atoms with Crippen molar-refractivity contribution in [2.45, 2.75) is 6.92 Å². The minimum absolute atomic E-state index is 0.259. The molecule has 0 aliphatic carbocycles. The standard InChI is InChI=1S/C21H16Cl2N2O2/c1-13-5-4-6-15(11-13)24-21(27)25-19-10-9-14(22)12-17(19)20(26)16-7-2-3-8-18(16)23/h2-12H,1H3,(H2,24,25,27). The van der Waals surface area contributed by atoms with Gasteiger partial charge < -0.3 is 10.6 Å². The highest BCUT2D eigenvalue weighted by molar-refractivity contribution is 6.36. The molecule has 0 spiro atoms. The van der Waals surface area contributed by atoms with Crippen LogP contribution in [-0.4, -0.2) is 11.8 Å². The van der Waals surface area contributed by atoms with Crippen molar-refractivity contribution in [3.05, 3.63) is 93.5 Å². The van der Waals surface area contributed by atoms with Gasteiger partial charge in [-0.2, -0.15) is 0 Å². The van der Waals surface area contributed by atoms with Gasteiger partial charge in [0.25, 0.3) is 0 Å². The molecule has 0 heterocycles. The first-order chi connectivity index (χ1) is 12.9. The van der Waals surface area contributed by atoms with Gasteiger partial charge in [0.2, 0.25) is 0 Å². The number of halogens is 2. The van der Waals surface area contributed by atoms with Crippen molar-refractivity contribution in [2.24, 2.45) is 0 Å². The topological polar surface area (TPSA) is 58.2 Å². The lowest BCUT2D eigenvalue weighted by molar-refractivity contribution is 0.103. The molecule has 3 rings (SSSR count). The molecule has 0 aromatic heterocycles. The number of benzene rings is 3. The van der Waals surface area contributed by atoms with Crippen LogP contribution in [0.15, 0.2) is 66.7 Å². The molecular weight excluding hydrogens is 383 g/mol. The fraction of sp³-hybridized carbons (Fsp3) is 0.0476. The van der Waals surface area contributed by atoms with E-state index in [0.717, 1.165) is 5.56 Å². The molecule has 3 aromatic carbocycles. The maximum absolute atomic E-state index is 12.9. The number of hydrogen-bond donors (Lipinski definition) is 2. The van der Waals surface area contributed by atoms with Crippen LogP contribution in [0.5, 0.6) is 0 Å². The van der Waals surface area contributed by atoms with Gasteiger partial charge in [-0.25, -0.2) is 4.79 Å². The summed E-state index contributed by atoms with van der Waals surface area (Å²) in [6.45, 7) is 1.93. The van der Waals surface area contributed by atoms with E-state index >= 15 is 0 Å². The lowest BCUT2D eigenvalue weighted by atomic mass is 10.0. The fourth-order valence-corrected chi connectivity index (χ4v) is 3.00. The summed E-state index contributed by atoms with van der Waals surface area (Å²) in [5.41, 5.74) is 2.61. The third-order valence-corrected chi connectivity index (χ3v) is 4.43. The van der Waals surface area contributed by atoms with Crippen LogP contribution in [0.4, 0.5) is 16.2 Å². The van der Waals surface area contributed by atoms with Crippen LogP contribution in [0.25, 0.3) is 0 Å². The van der Waals surface area contributed by atoms with E-state index in [2.05, 4.69) is 10.6 Å². The van der Waals surface area contributed by atoms with Crippen LogP contribution in [-0.2, 0) is 0 Å². The average Bonchev–Trinajstić information content (AvgIpc) is 2.63. The lowest BCUT2D eigenvalue weighted by Gasteiger charge is -2.13. The molecule has 0 aliphatic heterocycles. The second-order valence-electron chi connectivity index (χ2n) is 5.95. The normalized spacial score (nSPS) is 10.3. The van der Waals surface area contributed by atoms with Gasteiger partial charge in [-0.1, -0.05) is 47.5 Å². The molecule has 0 unspecified atom stereocenters. The molecule has 2 amide bonds.